The summed E-state index contributed by atoms with van der Waals surface area (Å²) in [6.45, 7) is 2.18. The minimum atomic E-state index is -1.50. The van der Waals surface area contributed by atoms with Gasteiger partial charge in [-0.15, -0.1) is 0 Å². The van der Waals surface area contributed by atoms with Crippen LogP contribution in [0.25, 0.3) is 11.1 Å². The lowest BCUT2D eigenvalue weighted by atomic mass is 9.91. The van der Waals surface area contributed by atoms with Crippen molar-refractivity contribution < 1.29 is 14.0 Å². The number of hydrogen-bond acceptors (Lipinski definition) is 6. The molecule has 7 nitrogen and oxygen atoms in total. The highest BCUT2D eigenvalue weighted by Crippen LogP contribution is 2.38. The fourth-order valence-corrected chi connectivity index (χ4v) is 3.81. The Balaban J connectivity index is 1.48. The number of aryl methyl sites for hydroxylation is 1. The van der Waals surface area contributed by atoms with Gasteiger partial charge < -0.3 is 14.9 Å². The normalized spacial score (nSPS) is 17.4. The highest BCUT2D eigenvalue weighted by atomic mass is 19.1. The third-order valence-electron chi connectivity index (χ3n) is 5.56. The summed E-state index contributed by atoms with van der Waals surface area (Å²) in [7, 11) is 1.87. The number of hydrogen-bond donors (Lipinski definition) is 2. The van der Waals surface area contributed by atoms with Gasteiger partial charge in [0.05, 0.1) is 17.8 Å². The molecule has 0 saturated heterocycles. The van der Waals surface area contributed by atoms with Gasteiger partial charge in [-0.3, -0.25) is 4.68 Å². The summed E-state index contributed by atoms with van der Waals surface area (Å²) in [5.41, 5.74) is 2.52. The topological polar surface area (TPSA) is 89.0 Å². The summed E-state index contributed by atoms with van der Waals surface area (Å²) in [5, 5.41) is 22.7. The van der Waals surface area contributed by atoms with Crippen molar-refractivity contribution in [3.05, 3.63) is 83.4 Å². The first kappa shape index (κ1) is 18.5. The van der Waals surface area contributed by atoms with Crippen molar-refractivity contribution in [3.8, 4) is 11.1 Å². The van der Waals surface area contributed by atoms with Gasteiger partial charge in [0.15, 0.2) is 5.76 Å². The van der Waals surface area contributed by atoms with Crippen LogP contribution in [0.4, 0.5) is 10.2 Å². The first-order valence-corrected chi connectivity index (χ1v) is 9.60. The zero-order chi connectivity index (χ0) is 20.9. The molecular formula is C22H20FN5O2. The van der Waals surface area contributed by atoms with E-state index in [0.717, 1.165) is 22.5 Å². The number of benzene rings is 1. The number of rotatable bonds is 4. The van der Waals surface area contributed by atoms with E-state index in [9.17, 15) is 9.50 Å². The molecule has 0 saturated carbocycles. The van der Waals surface area contributed by atoms with Crippen LogP contribution in [0.3, 0.4) is 0 Å². The zero-order valence-electron chi connectivity index (χ0n) is 16.5. The van der Waals surface area contributed by atoms with Crippen LogP contribution in [-0.2, 0) is 12.6 Å². The van der Waals surface area contributed by atoms with Gasteiger partial charge in [-0.05, 0) is 30.7 Å². The Bertz CT molecular complexity index is 1230. The maximum atomic E-state index is 13.6. The van der Waals surface area contributed by atoms with Crippen LogP contribution in [0.15, 0.2) is 59.5 Å². The van der Waals surface area contributed by atoms with Gasteiger partial charge in [-0.1, -0.05) is 17.3 Å². The van der Waals surface area contributed by atoms with Crippen LogP contribution >= 0.6 is 0 Å². The second-order valence-electron chi connectivity index (χ2n) is 7.70. The molecule has 0 aliphatic carbocycles. The number of aromatic nitrogens is 4. The van der Waals surface area contributed by atoms with Gasteiger partial charge in [-0.2, -0.15) is 5.10 Å². The molecule has 3 aromatic heterocycles. The minimum Gasteiger partial charge on any atom is -0.377 e. The van der Waals surface area contributed by atoms with E-state index in [-0.39, 0.29) is 11.7 Å². The predicted octanol–water partition coefficient (Wildman–Crippen LogP) is 3.42. The fourth-order valence-electron chi connectivity index (χ4n) is 3.81. The van der Waals surface area contributed by atoms with Gasteiger partial charge in [0.2, 0.25) is 0 Å². The molecule has 0 amide bonds. The smallest absolute Gasteiger partial charge is 0.172 e. The Labute approximate surface area is 172 Å². The van der Waals surface area contributed by atoms with Gasteiger partial charge in [0, 0.05) is 48.7 Å². The number of halogens is 1. The molecular weight excluding hydrogens is 385 g/mol. The van der Waals surface area contributed by atoms with Crippen molar-refractivity contribution in [2.24, 2.45) is 7.05 Å². The second kappa shape index (κ2) is 6.77. The van der Waals surface area contributed by atoms with Crippen LogP contribution in [0.2, 0.25) is 0 Å². The molecule has 152 valence electrons. The van der Waals surface area contributed by atoms with E-state index < -0.39 is 11.4 Å². The molecule has 4 aromatic rings. The van der Waals surface area contributed by atoms with E-state index in [1.165, 1.54) is 12.1 Å². The maximum absolute atomic E-state index is 13.6. The third-order valence-corrected chi connectivity index (χ3v) is 5.56. The van der Waals surface area contributed by atoms with E-state index in [2.05, 4.69) is 26.6 Å². The highest BCUT2D eigenvalue weighted by molar-refractivity contribution is 5.67. The largest absolute Gasteiger partial charge is 0.377 e. The summed E-state index contributed by atoms with van der Waals surface area (Å²) in [4.78, 5) is 4.54. The number of fused-ring (bicyclic) bond motifs is 1. The molecule has 2 unspecified atom stereocenters. The summed E-state index contributed by atoms with van der Waals surface area (Å²) in [6, 6.07) is 9.63. The van der Waals surface area contributed by atoms with Crippen LogP contribution in [0.1, 0.15) is 35.4 Å². The Hall–Kier alpha value is -3.52. The van der Waals surface area contributed by atoms with E-state index in [0.29, 0.717) is 17.8 Å². The molecule has 4 heterocycles. The molecule has 1 aliphatic heterocycles. The Morgan fingerprint density at radius 2 is 2.10 bits per heavy atom. The molecule has 5 rings (SSSR count). The van der Waals surface area contributed by atoms with Crippen LogP contribution in [0.5, 0.6) is 0 Å². The van der Waals surface area contributed by atoms with Crippen molar-refractivity contribution in [2.45, 2.75) is 18.4 Å². The molecule has 1 aliphatic rings. The van der Waals surface area contributed by atoms with Crippen molar-refractivity contribution in [1.29, 1.82) is 0 Å². The van der Waals surface area contributed by atoms with Gasteiger partial charge in [-0.25, -0.2) is 9.37 Å². The van der Waals surface area contributed by atoms with Gasteiger partial charge in [0.1, 0.15) is 17.2 Å². The van der Waals surface area contributed by atoms with Crippen molar-refractivity contribution in [1.82, 2.24) is 19.9 Å². The zero-order valence-corrected chi connectivity index (χ0v) is 16.5. The van der Waals surface area contributed by atoms with Gasteiger partial charge >= 0.3 is 0 Å². The third kappa shape index (κ3) is 3.05. The minimum absolute atomic E-state index is 0.0788. The molecule has 2 atom stereocenters. The number of anilines is 1. The molecule has 8 heteroatoms. The number of pyridine rings is 1. The van der Waals surface area contributed by atoms with Crippen LogP contribution in [-0.4, -0.2) is 31.6 Å². The molecule has 30 heavy (non-hydrogen) atoms. The number of nitrogens with zero attached hydrogens (tertiary/aromatic N) is 4. The predicted molar refractivity (Wildman–Crippen MR) is 108 cm³/mol. The maximum Gasteiger partial charge on any atom is 0.172 e. The summed E-state index contributed by atoms with van der Waals surface area (Å²) in [6.07, 6.45) is 5.55. The summed E-state index contributed by atoms with van der Waals surface area (Å²) < 4.78 is 20.9. The van der Waals surface area contributed by atoms with Crippen molar-refractivity contribution in [3.63, 3.8) is 0 Å². The van der Waals surface area contributed by atoms with Gasteiger partial charge in [0.25, 0.3) is 0 Å². The Morgan fingerprint density at radius 1 is 1.23 bits per heavy atom. The fraction of sp³-hybridized carbons (Fsp3) is 0.227. The summed E-state index contributed by atoms with van der Waals surface area (Å²) >= 11 is 0. The van der Waals surface area contributed by atoms with Crippen molar-refractivity contribution >= 4 is 5.82 Å². The standard InChI is InChI=1S/C22H20FN5O2/c1-22(29,15-4-3-5-16(23)7-15)20-8-19(27-30-20)18-11-25-21-17(18)6-13(9-24-21)14-10-26-28(2)12-14/h3-10,12,18,29H,11H2,1-2H3,(H,24,25). The SMILES string of the molecule is Cn1cc(-c2cnc3c(c2)C(c2cc(C(C)(O)c4cccc(F)c4)on2)CN3)cn1. The summed E-state index contributed by atoms with van der Waals surface area (Å²) in [5.74, 6) is 0.558. The molecule has 0 radical (unpaired) electrons. The van der Waals surface area contributed by atoms with E-state index >= 15 is 0 Å². The molecule has 2 N–H and O–H groups in total. The lowest BCUT2D eigenvalue weighted by Crippen LogP contribution is -2.22. The first-order chi connectivity index (χ1) is 14.4. The van der Waals surface area contributed by atoms with E-state index in [4.69, 9.17) is 4.52 Å². The molecule has 0 bridgehead atoms. The lowest BCUT2D eigenvalue weighted by Gasteiger charge is -2.20. The number of aliphatic hydroxyl groups is 1. The average Bonchev–Trinajstić information content (AvgIpc) is 3.46. The number of nitrogens with one attached hydrogen (secondary N) is 1. The molecule has 0 spiro atoms. The molecule has 0 fully saturated rings. The Morgan fingerprint density at radius 3 is 2.87 bits per heavy atom. The second-order valence-corrected chi connectivity index (χ2v) is 7.70. The van der Waals surface area contributed by atoms with Crippen molar-refractivity contribution in [2.75, 3.05) is 11.9 Å². The van der Waals surface area contributed by atoms with E-state index in [1.807, 2.05) is 19.4 Å². The highest BCUT2D eigenvalue weighted by Gasteiger charge is 2.34. The molecule has 1 aromatic carbocycles. The van der Waals surface area contributed by atoms with Crippen LogP contribution in [0, 0.1) is 5.82 Å². The van der Waals surface area contributed by atoms with E-state index in [1.54, 1.807) is 36.0 Å². The average molecular weight is 405 g/mol. The van der Waals surface area contributed by atoms with Crippen LogP contribution < -0.4 is 5.32 Å². The monoisotopic (exact) mass is 405 g/mol. The lowest BCUT2D eigenvalue weighted by molar-refractivity contribution is 0.0690. The first-order valence-electron chi connectivity index (χ1n) is 9.60. The Kier molecular flexibility index (Phi) is 4.18. The quantitative estimate of drug-likeness (QED) is 0.541.